The van der Waals surface area contributed by atoms with Gasteiger partial charge in [0.2, 0.25) is 15.9 Å². The molecule has 0 unspecified atom stereocenters. The largest absolute Gasteiger partial charge is 0.495 e. The van der Waals surface area contributed by atoms with Gasteiger partial charge in [0, 0.05) is 19.2 Å². The molecule has 8 nitrogen and oxygen atoms in total. The summed E-state index contributed by atoms with van der Waals surface area (Å²) in [6.07, 6.45) is 6.76. The third-order valence-electron chi connectivity index (χ3n) is 5.55. The molecule has 1 fully saturated rings. The molecule has 34 heavy (non-hydrogen) atoms. The van der Waals surface area contributed by atoms with Crippen LogP contribution in [0.1, 0.15) is 38.2 Å². The van der Waals surface area contributed by atoms with Gasteiger partial charge in [0.25, 0.3) is 0 Å². The summed E-state index contributed by atoms with van der Waals surface area (Å²) < 4.78 is 44.0. The van der Waals surface area contributed by atoms with E-state index in [0.717, 1.165) is 31.2 Å². The lowest BCUT2D eigenvalue weighted by atomic mass is 10.2. The Bertz CT molecular complexity index is 1120. The van der Waals surface area contributed by atoms with Crippen LogP contribution in [0.3, 0.4) is 0 Å². The maximum absolute atomic E-state index is 13.2. The second kappa shape index (κ2) is 11.9. The van der Waals surface area contributed by atoms with Crippen molar-refractivity contribution in [3.63, 3.8) is 0 Å². The van der Waals surface area contributed by atoms with Crippen molar-refractivity contribution in [3.8, 4) is 17.2 Å². The van der Waals surface area contributed by atoms with E-state index in [1.54, 1.807) is 37.5 Å². The predicted molar refractivity (Wildman–Crippen MR) is 132 cm³/mol. The minimum atomic E-state index is -3.66. The first-order valence-corrected chi connectivity index (χ1v) is 12.8. The Hall–Kier alpha value is -3.04. The van der Waals surface area contributed by atoms with E-state index in [9.17, 15) is 13.2 Å². The number of hydrogen-bond acceptors (Lipinski definition) is 6. The molecule has 2 aromatic rings. The van der Waals surface area contributed by atoms with E-state index < -0.39 is 15.9 Å². The molecule has 1 aliphatic heterocycles. The van der Waals surface area contributed by atoms with E-state index >= 15 is 0 Å². The maximum Gasteiger partial charge on any atom is 0.248 e. The van der Waals surface area contributed by atoms with Gasteiger partial charge >= 0.3 is 0 Å². The zero-order valence-corrected chi connectivity index (χ0v) is 20.7. The van der Waals surface area contributed by atoms with Crippen molar-refractivity contribution in [3.05, 3.63) is 48.0 Å². The van der Waals surface area contributed by atoms with Crippen LogP contribution < -0.4 is 19.5 Å². The molecule has 1 heterocycles. The monoisotopic (exact) mass is 488 g/mol. The Morgan fingerprint density at radius 2 is 1.65 bits per heavy atom. The molecule has 0 saturated carbocycles. The zero-order chi connectivity index (χ0) is 24.6. The summed E-state index contributed by atoms with van der Waals surface area (Å²) in [6.45, 7) is 3.37. The normalized spacial score (nSPS) is 15.0. The number of rotatable bonds is 9. The molecule has 9 heteroatoms. The topological polar surface area (TPSA) is 94.2 Å². The third kappa shape index (κ3) is 6.30. The van der Waals surface area contributed by atoms with Crippen molar-refractivity contribution in [2.75, 3.05) is 39.2 Å². The number of anilines is 1. The number of amides is 1. The van der Waals surface area contributed by atoms with E-state index in [2.05, 4.69) is 5.32 Å². The molecule has 1 N–H and O–H groups in total. The molecule has 0 spiro atoms. The van der Waals surface area contributed by atoms with Gasteiger partial charge in [-0.05, 0) is 61.7 Å². The van der Waals surface area contributed by atoms with E-state index in [1.807, 2.05) is 6.92 Å². The van der Waals surface area contributed by atoms with Crippen molar-refractivity contribution < 1.29 is 27.4 Å². The van der Waals surface area contributed by atoms with Gasteiger partial charge in [-0.2, -0.15) is 4.31 Å². The highest BCUT2D eigenvalue weighted by molar-refractivity contribution is 7.89. The van der Waals surface area contributed by atoms with Gasteiger partial charge in [-0.25, -0.2) is 8.42 Å². The molecule has 1 saturated heterocycles. The van der Waals surface area contributed by atoms with Gasteiger partial charge in [0.15, 0.2) is 11.5 Å². The average molecular weight is 489 g/mol. The van der Waals surface area contributed by atoms with E-state index in [1.165, 1.54) is 29.6 Å². The number of ether oxygens (including phenoxy) is 3. The Labute approximate surface area is 201 Å². The van der Waals surface area contributed by atoms with E-state index in [0.29, 0.717) is 36.9 Å². The third-order valence-corrected chi connectivity index (χ3v) is 7.44. The van der Waals surface area contributed by atoms with Crippen molar-refractivity contribution in [1.29, 1.82) is 0 Å². The fourth-order valence-corrected chi connectivity index (χ4v) is 5.33. The van der Waals surface area contributed by atoms with Gasteiger partial charge < -0.3 is 19.5 Å². The highest BCUT2D eigenvalue weighted by Gasteiger charge is 2.26. The predicted octanol–water partition coefficient (Wildman–Crippen LogP) is 4.32. The minimum absolute atomic E-state index is 0.131. The van der Waals surface area contributed by atoms with Gasteiger partial charge in [-0.15, -0.1) is 0 Å². The number of methoxy groups -OCH3 is 2. The summed E-state index contributed by atoms with van der Waals surface area (Å²) in [5.41, 5.74) is 1.04. The van der Waals surface area contributed by atoms with Crippen LogP contribution in [0.25, 0.3) is 6.08 Å². The van der Waals surface area contributed by atoms with Crippen LogP contribution in [0, 0.1) is 0 Å². The van der Waals surface area contributed by atoms with Crippen molar-refractivity contribution in [1.82, 2.24) is 4.31 Å². The van der Waals surface area contributed by atoms with Crippen LogP contribution in [0.2, 0.25) is 0 Å². The molecule has 0 bridgehead atoms. The number of benzene rings is 2. The minimum Gasteiger partial charge on any atom is -0.495 e. The lowest BCUT2D eigenvalue weighted by Gasteiger charge is -2.21. The lowest BCUT2D eigenvalue weighted by molar-refractivity contribution is -0.111. The van der Waals surface area contributed by atoms with Crippen LogP contribution in [0.15, 0.2) is 47.4 Å². The highest BCUT2D eigenvalue weighted by Crippen LogP contribution is 2.31. The Morgan fingerprint density at radius 1 is 0.971 bits per heavy atom. The molecule has 3 rings (SSSR count). The smallest absolute Gasteiger partial charge is 0.248 e. The lowest BCUT2D eigenvalue weighted by Crippen LogP contribution is -2.32. The standard InChI is InChI=1S/C25H32N2O6S/c1-4-33-24-17-19(9-12-23(24)32-3)10-14-25(28)26-21-18-20(11-13-22(21)31-2)34(29,30)27-15-7-5-6-8-16-27/h9-14,17-18H,4-8,15-16H2,1-3H3,(H,26,28)/b14-10+. The molecule has 1 amide bonds. The molecule has 0 atom stereocenters. The number of carbonyl (C=O) groups is 1. The van der Waals surface area contributed by atoms with Gasteiger partial charge in [0.05, 0.1) is 31.4 Å². The Balaban J connectivity index is 1.79. The zero-order valence-electron chi connectivity index (χ0n) is 19.9. The number of sulfonamides is 1. The second-order valence-corrected chi connectivity index (χ2v) is 9.78. The first-order chi connectivity index (χ1) is 16.4. The van der Waals surface area contributed by atoms with Gasteiger partial charge in [-0.3, -0.25) is 4.79 Å². The first kappa shape index (κ1) is 25.6. The molecule has 1 aliphatic rings. The van der Waals surface area contributed by atoms with Crippen LogP contribution in [0.5, 0.6) is 17.2 Å². The summed E-state index contributed by atoms with van der Waals surface area (Å²) in [5.74, 6) is 1.15. The van der Waals surface area contributed by atoms with Crippen molar-refractivity contribution >= 4 is 27.7 Å². The van der Waals surface area contributed by atoms with E-state index in [4.69, 9.17) is 14.2 Å². The number of hydrogen-bond donors (Lipinski definition) is 1. The first-order valence-electron chi connectivity index (χ1n) is 11.4. The molecule has 0 radical (unpaired) electrons. The number of nitrogens with zero attached hydrogens (tertiary/aromatic N) is 1. The average Bonchev–Trinajstić information content (AvgIpc) is 3.13. The number of carbonyl (C=O) groups excluding carboxylic acids is 1. The molecular weight excluding hydrogens is 456 g/mol. The summed E-state index contributed by atoms with van der Waals surface area (Å²) in [4.78, 5) is 12.8. The second-order valence-electron chi connectivity index (χ2n) is 7.85. The SMILES string of the molecule is CCOc1cc(/C=C/C(=O)Nc2cc(S(=O)(=O)N3CCCCCC3)ccc2OC)ccc1OC. The summed E-state index contributed by atoms with van der Waals surface area (Å²) >= 11 is 0. The highest BCUT2D eigenvalue weighted by atomic mass is 32.2. The maximum atomic E-state index is 13.2. The molecule has 2 aromatic carbocycles. The Kier molecular flexibility index (Phi) is 8.95. The molecule has 0 aromatic heterocycles. The van der Waals surface area contributed by atoms with Crippen molar-refractivity contribution in [2.45, 2.75) is 37.5 Å². The summed E-state index contributed by atoms with van der Waals surface area (Å²) in [7, 11) is -0.625. The quantitative estimate of drug-likeness (QED) is 0.529. The summed E-state index contributed by atoms with van der Waals surface area (Å²) in [6, 6.07) is 9.87. The van der Waals surface area contributed by atoms with E-state index in [-0.39, 0.29) is 10.6 Å². The van der Waals surface area contributed by atoms with Crippen LogP contribution in [-0.4, -0.2) is 52.5 Å². The Morgan fingerprint density at radius 3 is 2.29 bits per heavy atom. The molecule has 184 valence electrons. The van der Waals surface area contributed by atoms with Crippen LogP contribution in [0.4, 0.5) is 5.69 Å². The fourth-order valence-electron chi connectivity index (χ4n) is 3.79. The van der Waals surface area contributed by atoms with Crippen LogP contribution >= 0.6 is 0 Å². The summed E-state index contributed by atoms with van der Waals surface area (Å²) in [5, 5.41) is 2.73. The van der Waals surface area contributed by atoms with Crippen molar-refractivity contribution in [2.24, 2.45) is 0 Å². The van der Waals surface area contributed by atoms with Crippen LogP contribution in [-0.2, 0) is 14.8 Å². The molecule has 0 aliphatic carbocycles. The van der Waals surface area contributed by atoms with Gasteiger partial charge in [0.1, 0.15) is 5.75 Å². The number of nitrogens with one attached hydrogen (secondary N) is 1. The molecular formula is C25H32N2O6S. The fraction of sp³-hybridized carbons (Fsp3) is 0.400. The van der Waals surface area contributed by atoms with Gasteiger partial charge in [-0.1, -0.05) is 18.9 Å².